The summed E-state index contributed by atoms with van der Waals surface area (Å²) >= 11 is 0. The average Bonchev–Trinajstić information content (AvgIpc) is 2.68. The van der Waals surface area contributed by atoms with Gasteiger partial charge in [-0.2, -0.15) is 0 Å². The number of ether oxygens (including phenoxy) is 1. The zero-order chi connectivity index (χ0) is 18.2. The van der Waals surface area contributed by atoms with Gasteiger partial charge in [-0.1, -0.05) is 32.4 Å². The van der Waals surface area contributed by atoms with E-state index in [1.54, 1.807) is 0 Å². The minimum Gasteiger partial charge on any atom is -0.496 e. The molecule has 0 aromatic carbocycles. The van der Waals surface area contributed by atoms with E-state index in [4.69, 9.17) is 9.94 Å². The molecule has 1 aliphatic carbocycles. The van der Waals surface area contributed by atoms with Gasteiger partial charge in [0.2, 0.25) is 0 Å². The second-order valence-electron chi connectivity index (χ2n) is 6.62. The number of nitrogens with one attached hydrogen (secondary N) is 3. The molecule has 5 nitrogen and oxygen atoms in total. The van der Waals surface area contributed by atoms with E-state index in [0.717, 1.165) is 58.5 Å². The topological polar surface area (TPSA) is 65.5 Å². The summed E-state index contributed by atoms with van der Waals surface area (Å²) in [5, 5.41) is 15.3. The van der Waals surface area contributed by atoms with Crippen LogP contribution in [0.4, 0.5) is 0 Å². The number of hydroxylamine groups is 1. The molecule has 0 saturated carbocycles. The lowest BCUT2D eigenvalue weighted by Gasteiger charge is -2.24. The molecule has 1 aliphatic heterocycles. The molecule has 0 amide bonds. The van der Waals surface area contributed by atoms with Gasteiger partial charge >= 0.3 is 0 Å². The van der Waals surface area contributed by atoms with E-state index >= 15 is 0 Å². The molecule has 25 heavy (non-hydrogen) atoms. The predicted molar refractivity (Wildman–Crippen MR) is 109 cm³/mol. The van der Waals surface area contributed by atoms with Gasteiger partial charge in [-0.05, 0) is 63.2 Å². The first kappa shape index (κ1) is 22.2. The average molecular weight is 358 g/mol. The molecule has 1 atom stereocenters. The van der Waals surface area contributed by atoms with Crippen molar-refractivity contribution in [2.24, 2.45) is 5.92 Å². The van der Waals surface area contributed by atoms with Crippen molar-refractivity contribution in [3.63, 3.8) is 0 Å². The van der Waals surface area contributed by atoms with Gasteiger partial charge in [-0.3, -0.25) is 0 Å². The molecular weight excluding hydrogens is 314 g/mol. The normalized spacial score (nSPS) is 21.5. The summed E-state index contributed by atoms with van der Waals surface area (Å²) in [6, 6.07) is 0. The lowest BCUT2D eigenvalue weighted by atomic mass is 9.85. The van der Waals surface area contributed by atoms with Gasteiger partial charge in [0, 0.05) is 22.4 Å². The molecule has 0 aromatic rings. The number of hydrogen-bond acceptors (Lipinski definition) is 5. The fourth-order valence-electron chi connectivity index (χ4n) is 3.33. The third-order valence-corrected chi connectivity index (χ3v) is 4.65. The predicted octanol–water partition coefficient (Wildman–Crippen LogP) is 3.86. The maximum absolute atomic E-state index is 8.74. The Kier molecular flexibility index (Phi) is 13.6. The van der Waals surface area contributed by atoms with Crippen LogP contribution in [-0.2, 0) is 4.74 Å². The second-order valence-corrected chi connectivity index (χ2v) is 6.62. The highest BCUT2D eigenvalue weighted by Gasteiger charge is 2.19. The third-order valence-electron chi connectivity index (χ3n) is 4.65. The summed E-state index contributed by atoms with van der Waals surface area (Å²) in [6.45, 7) is 9.87. The van der Waals surface area contributed by atoms with Crippen molar-refractivity contribution in [1.29, 1.82) is 0 Å². The van der Waals surface area contributed by atoms with E-state index in [-0.39, 0.29) is 2.85 Å². The van der Waals surface area contributed by atoms with Crippen LogP contribution < -0.4 is 16.1 Å². The maximum Gasteiger partial charge on any atom is 0.100 e. The largest absolute Gasteiger partial charge is 0.496 e. The number of rotatable bonds is 6. The second kappa shape index (κ2) is 15.4. The van der Waals surface area contributed by atoms with Crippen LogP contribution in [0.25, 0.3) is 0 Å². The van der Waals surface area contributed by atoms with Gasteiger partial charge in [0.15, 0.2) is 0 Å². The van der Waals surface area contributed by atoms with Crippen molar-refractivity contribution < 1.29 is 12.8 Å². The quantitative estimate of drug-likeness (QED) is 0.429. The fraction of sp³-hybridized carbons (Fsp3) is 0.800. The molecular formula is C20H43N3O2. The Morgan fingerprint density at radius 1 is 1.28 bits per heavy atom. The van der Waals surface area contributed by atoms with Crippen LogP contribution in [0.3, 0.4) is 0 Å². The molecule has 5 heteroatoms. The molecule has 1 unspecified atom stereocenters. The van der Waals surface area contributed by atoms with Crippen LogP contribution in [-0.4, -0.2) is 44.5 Å². The van der Waals surface area contributed by atoms with E-state index in [9.17, 15) is 0 Å². The standard InChI is InChI=1S/C16H28N2O2.C4H11N.2H2/c19-18-11-5-7-14-6-3-4-10-17-12-13-20-16-9-2-1-8-15(14)16;1-3-5-4-2;;/h1,8,14,17-19H,2-7,9-13H2;5H,3-4H2,1-2H3;2*1H. The fourth-order valence-corrected chi connectivity index (χ4v) is 3.33. The first-order valence-electron chi connectivity index (χ1n) is 10.1. The molecule has 4 N–H and O–H groups in total. The van der Waals surface area contributed by atoms with Gasteiger partial charge in [0.25, 0.3) is 0 Å². The lowest BCUT2D eigenvalue weighted by molar-refractivity contribution is 0.162. The Hall–Kier alpha value is -0.880. The molecule has 0 bridgehead atoms. The summed E-state index contributed by atoms with van der Waals surface area (Å²) in [5.74, 6) is 1.78. The summed E-state index contributed by atoms with van der Waals surface area (Å²) in [4.78, 5) is 0. The monoisotopic (exact) mass is 357 g/mol. The summed E-state index contributed by atoms with van der Waals surface area (Å²) < 4.78 is 6.02. The first-order chi connectivity index (χ1) is 12.3. The van der Waals surface area contributed by atoms with Gasteiger partial charge in [0.1, 0.15) is 6.61 Å². The molecule has 0 fully saturated rings. The van der Waals surface area contributed by atoms with Crippen molar-refractivity contribution >= 4 is 0 Å². The van der Waals surface area contributed by atoms with Crippen LogP contribution >= 0.6 is 0 Å². The van der Waals surface area contributed by atoms with Gasteiger partial charge in [-0.15, -0.1) is 0 Å². The number of hydrogen-bond donors (Lipinski definition) is 4. The highest BCUT2D eigenvalue weighted by Crippen LogP contribution is 2.32. The molecule has 0 radical (unpaired) electrons. The number of allylic oxidation sites excluding steroid dienone is 4. The highest BCUT2D eigenvalue weighted by atomic mass is 16.5. The van der Waals surface area contributed by atoms with Crippen molar-refractivity contribution in [2.45, 2.75) is 58.8 Å². The molecule has 0 saturated heterocycles. The molecule has 2 aliphatic rings. The highest BCUT2D eigenvalue weighted by molar-refractivity contribution is 5.29. The Morgan fingerprint density at radius 2 is 2.12 bits per heavy atom. The van der Waals surface area contributed by atoms with Crippen molar-refractivity contribution in [3.8, 4) is 0 Å². The molecule has 1 heterocycles. The zero-order valence-corrected chi connectivity index (χ0v) is 16.3. The van der Waals surface area contributed by atoms with E-state index < -0.39 is 0 Å². The smallest absolute Gasteiger partial charge is 0.100 e. The third kappa shape index (κ3) is 10.00. The van der Waals surface area contributed by atoms with Crippen LogP contribution in [0.1, 0.15) is 61.6 Å². The summed E-state index contributed by atoms with van der Waals surface area (Å²) in [6.07, 6.45) is 12.5. The van der Waals surface area contributed by atoms with E-state index in [1.165, 1.54) is 30.6 Å². The van der Waals surface area contributed by atoms with Gasteiger partial charge in [0.05, 0.1) is 5.76 Å². The Labute approximate surface area is 157 Å². The summed E-state index contributed by atoms with van der Waals surface area (Å²) in [5.41, 5.74) is 3.68. The minimum absolute atomic E-state index is 0. The van der Waals surface area contributed by atoms with Crippen molar-refractivity contribution in [1.82, 2.24) is 16.1 Å². The van der Waals surface area contributed by atoms with Crippen molar-refractivity contribution in [3.05, 3.63) is 23.5 Å². The SMILES string of the molecule is CCNCC.ONCCCC1CCCCNCCOC2=C1C=CCC2.[HH].[HH]. The molecule has 2 rings (SSSR count). The van der Waals surface area contributed by atoms with E-state index in [2.05, 4.69) is 42.1 Å². The van der Waals surface area contributed by atoms with Gasteiger partial charge in [-0.25, -0.2) is 5.48 Å². The van der Waals surface area contributed by atoms with E-state index in [0.29, 0.717) is 12.5 Å². The zero-order valence-electron chi connectivity index (χ0n) is 16.3. The Morgan fingerprint density at radius 3 is 2.84 bits per heavy atom. The van der Waals surface area contributed by atoms with Gasteiger partial charge < -0.3 is 20.6 Å². The van der Waals surface area contributed by atoms with Crippen molar-refractivity contribution in [2.75, 3.05) is 39.3 Å². The summed E-state index contributed by atoms with van der Waals surface area (Å²) in [7, 11) is 0. The van der Waals surface area contributed by atoms with Crippen LogP contribution in [0, 0.1) is 5.92 Å². The Balaban J connectivity index is 0. The Bertz CT molecular complexity index is 391. The van der Waals surface area contributed by atoms with E-state index in [1.807, 2.05) is 0 Å². The van der Waals surface area contributed by atoms with Crippen LogP contribution in [0.2, 0.25) is 0 Å². The lowest BCUT2D eigenvalue weighted by Crippen LogP contribution is -2.20. The van der Waals surface area contributed by atoms with Crippen LogP contribution in [0.15, 0.2) is 23.5 Å². The van der Waals surface area contributed by atoms with Crippen LogP contribution in [0.5, 0.6) is 0 Å². The molecule has 0 aromatic heterocycles. The minimum atomic E-state index is 0. The molecule has 150 valence electrons. The maximum atomic E-state index is 8.74. The first-order valence-corrected chi connectivity index (χ1v) is 10.1. The molecule has 0 spiro atoms.